The molecule has 15 heavy (non-hydrogen) atoms. The summed E-state index contributed by atoms with van der Waals surface area (Å²) >= 11 is 6.90. The van der Waals surface area contributed by atoms with Crippen LogP contribution in [0.15, 0.2) is 21.1 Å². The zero-order valence-electron chi connectivity index (χ0n) is 8.64. The summed E-state index contributed by atoms with van der Waals surface area (Å²) in [5, 5.41) is 0. The van der Waals surface area contributed by atoms with E-state index in [4.69, 9.17) is 4.74 Å². The van der Waals surface area contributed by atoms with Crippen molar-refractivity contribution in [2.45, 2.75) is 20.3 Å². The van der Waals surface area contributed by atoms with Gasteiger partial charge in [-0.25, -0.2) is 0 Å². The Morgan fingerprint density at radius 3 is 2.67 bits per heavy atom. The second-order valence-corrected chi connectivity index (χ2v) is 4.79. The maximum Gasteiger partial charge on any atom is 0.310 e. The van der Waals surface area contributed by atoms with Crippen LogP contribution in [0.3, 0.4) is 0 Å². The van der Waals surface area contributed by atoms with E-state index < -0.39 is 0 Å². The molecule has 1 aromatic rings. The van der Waals surface area contributed by atoms with Gasteiger partial charge in [0, 0.05) is 8.95 Å². The van der Waals surface area contributed by atoms with E-state index in [9.17, 15) is 4.79 Å². The molecule has 0 aliphatic heterocycles. The van der Waals surface area contributed by atoms with Crippen LogP contribution in [0.5, 0.6) is 0 Å². The zero-order valence-corrected chi connectivity index (χ0v) is 11.8. The summed E-state index contributed by atoms with van der Waals surface area (Å²) < 4.78 is 6.80. The summed E-state index contributed by atoms with van der Waals surface area (Å²) in [6.07, 6.45) is 0.288. The fraction of sp³-hybridized carbons (Fsp3) is 0.364. The molecule has 0 radical (unpaired) electrons. The Labute approximate surface area is 106 Å². The van der Waals surface area contributed by atoms with Crippen LogP contribution >= 0.6 is 31.9 Å². The number of esters is 1. The van der Waals surface area contributed by atoms with Gasteiger partial charge in [0.15, 0.2) is 0 Å². The van der Waals surface area contributed by atoms with Gasteiger partial charge in [-0.15, -0.1) is 0 Å². The van der Waals surface area contributed by atoms with Gasteiger partial charge < -0.3 is 4.74 Å². The summed E-state index contributed by atoms with van der Waals surface area (Å²) in [7, 11) is 0. The first kappa shape index (κ1) is 12.7. The first-order valence-corrected chi connectivity index (χ1v) is 6.24. The van der Waals surface area contributed by atoms with Crippen LogP contribution in [0.4, 0.5) is 0 Å². The standard InChI is InChI=1S/C11H12Br2O2/c1-3-15-10(14)6-8-9(12)5-4-7(2)11(8)13/h4-5H,3,6H2,1-2H3. The monoisotopic (exact) mass is 334 g/mol. The second kappa shape index (κ2) is 5.66. The minimum absolute atomic E-state index is 0.204. The highest BCUT2D eigenvalue weighted by molar-refractivity contribution is 9.11. The summed E-state index contributed by atoms with van der Waals surface area (Å²) in [6, 6.07) is 3.93. The molecule has 0 saturated carbocycles. The lowest BCUT2D eigenvalue weighted by atomic mass is 10.1. The van der Waals surface area contributed by atoms with Crippen LogP contribution in [0, 0.1) is 6.92 Å². The Hall–Kier alpha value is -0.350. The average Bonchev–Trinajstić information content (AvgIpc) is 2.19. The van der Waals surface area contributed by atoms with Crippen molar-refractivity contribution in [3.05, 3.63) is 32.2 Å². The quantitative estimate of drug-likeness (QED) is 0.788. The van der Waals surface area contributed by atoms with E-state index in [0.29, 0.717) is 6.61 Å². The van der Waals surface area contributed by atoms with Gasteiger partial charge in [-0.3, -0.25) is 4.79 Å². The molecule has 0 unspecified atom stereocenters. The van der Waals surface area contributed by atoms with E-state index in [0.717, 1.165) is 20.1 Å². The molecule has 82 valence electrons. The van der Waals surface area contributed by atoms with Crippen molar-refractivity contribution >= 4 is 37.8 Å². The van der Waals surface area contributed by atoms with E-state index in [1.807, 2.05) is 19.1 Å². The molecule has 0 aliphatic carbocycles. The van der Waals surface area contributed by atoms with Crippen LogP contribution in [0.25, 0.3) is 0 Å². The fourth-order valence-corrected chi connectivity index (χ4v) is 2.46. The van der Waals surface area contributed by atoms with Crippen molar-refractivity contribution in [1.82, 2.24) is 0 Å². The number of rotatable bonds is 3. The third-order valence-corrected chi connectivity index (χ3v) is 3.85. The highest BCUT2D eigenvalue weighted by atomic mass is 79.9. The van der Waals surface area contributed by atoms with E-state index in [-0.39, 0.29) is 12.4 Å². The van der Waals surface area contributed by atoms with Crippen LogP contribution in [-0.4, -0.2) is 12.6 Å². The number of ether oxygens (including phenoxy) is 1. The smallest absolute Gasteiger partial charge is 0.310 e. The minimum atomic E-state index is -0.204. The molecule has 4 heteroatoms. The molecule has 1 rings (SSSR count). The molecule has 0 aromatic heterocycles. The molecule has 0 spiro atoms. The normalized spacial score (nSPS) is 10.1. The molecule has 0 saturated heterocycles. The van der Waals surface area contributed by atoms with Crippen LogP contribution in [0.2, 0.25) is 0 Å². The molecule has 1 aromatic carbocycles. The number of halogens is 2. The lowest BCUT2D eigenvalue weighted by molar-refractivity contribution is -0.142. The molecule has 0 aliphatic rings. The Bertz CT molecular complexity index is 375. The predicted octanol–water partition coefficient (Wildman–Crippen LogP) is 3.63. The van der Waals surface area contributed by atoms with Gasteiger partial charge in [0.25, 0.3) is 0 Å². The van der Waals surface area contributed by atoms with Crippen molar-refractivity contribution < 1.29 is 9.53 Å². The highest BCUT2D eigenvalue weighted by Crippen LogP contribution is 2.29. The summed E-state index contributed by atoms with van der Waals surface area (Å²) in [6.45, 7) is 4.21. The summed E-state index contributed by atoms with van der Waals surface area (Å²) in [4.78, 5) is 11.4. The van der Waals surface area contributed by atoms with E-state index >= 15 is 0 Å². The Balaban J connectivity index is 2.93. The Kier molecular flexibility index (Phi) is 4.80. The Morgan fingerprint density at radius 1 is 1.40 bits per heavy atom. The average molecular weight is 336 g/mol. The van der Waals surface area contributed by atoms with Crippen molar-refractivity contribution in [2.75, 3.05) is 6.61 Å². The van der Waals surface area contributed by atoms with Crippen molar-refractivity contribution in [2.24, 2.45) is 0 Å². The van der Waals surface area contributed by atoms with Crippen molar-refractivity contribution in [3.8, 4) is 0 Å². The van der Waals surface area contributed by atoms with E-state index in [2.05, 4.69) is 31.9 Å². The number of hydrogen-bond acceptors (Lipinski definition) is 2. The molecule has 0 heterocycles. The number of hydrogen-bond donors (Lipinski definition) is 0. The molecule has 0 amide bonds. The van der Waals surface area contributed by atoms with E-state index in [1.54, 1.807) is 6.92 Å². The topological polar surface area (TPSA) is 26.3 Å². The third-order valence-electron chi connectivity index (χ3n) is 2.01. The van der Waals surface area contributed by atoms with E-state index in [1.165, 1.54) is 0 Å². The largest absolute Gasteiger partial charge is 0.466 e. The number of aryl methyl sites for hydroxylation is 1. The summed E-state index contributed by atoms with van der Waals surface area (Å²) in [5.41, 5.74) is 2.05. The number of benzene rings is 1. The van der Waals surface area contributed by atoms with Gasteiger partial charge in [0.05, 0.1) is 13.0 Å². The molecule has 0 atom stereocenters. The number of carbonyl (C=O) groups excluding carboxylic acids is 1. The molecule has 0 fully saturated rings. The molecular weight excluding hydrogens is 324 g/mol. The van der Waals surface area contributed by atoms with Crippen LogP contribution in [-0.2, 0) is 16.0 Å². The second-order valence-electron chi connectivity index (χ2n) is 3.14. The first-order valence-electron chi connectivity index (χ1n) is 4.65. The third kappa shape index (κ3) is 3.31. The molecule has 2 nitrogen and oxygen atoms in total. The van der Waals surface area contributed by atoms with Crippen LogP contribution in [0.1, 0.15) is 18.1 Å². The highest BCUT2D eigenvalue weighted by Gasteiger charge is 2.12. The van der Waals surface area contributed by atoms with Gasteiger partial charge in [-0.2, -0.15) is 0 Å². The van der Waals surface area contributed by atoms with Gasteiger partial charge in [0.1, 0.15) is 0 Å². The molecule has 0 bridgehead atoms. The minimum Gasteiger partial charge on any atom is -0.466 e. The zero-order chi connectivity index (χ0) is 11.4. The maximum absolute atomic E-state index is 11.4. The van der Waals surface area contributed by atoms with Gasteiger partial charge >= 0.3 is 5.97 Å². The van der Waals surface area contributed by atoms with Crippen LogP contribution < -0.4 is 0 Å². The van der Waals surface area contributed by atoms with Crippen molar-refractivity contribution in [1.29, 1.82) is 0 Å². The van der Waals surface area contributed by atoms with Gasteiger partial charge in [-0.05, 0) is 31.0 Å². The fourth-order valence-electron chi connectivity index (χ4n) is 1.23. The lowest BCUT2D eigenvalue weighted by Gasteiger charge is -2.09. The molecular formula is C11H12Br2O2. The molecule has 0 N–H and O–H groups in total. The number of carbonyl (C=O) groups is 1. The van der Waals surface area contributed by atoms with Gasteiger partial charge in [-0.1, -0.05) is 37.9 Å². The van der Waals surface area contributed by atoms with Gasteiger partial charge in [0.2, 0.25) is 0 Å². The first-order chi connectivity index (χ1) is 7.06. The SMILES string of the molecule is CCOC(=O)Cc1c(Br)ccc(C)c1Br. The maximum atomic E-state index is 11.4. The predicted molar refractivity (Wildman–Crippen MR) is 66.9 cm³/mol. The van der Waals surface area contributed by atoms with Crippen molar-refractivity contribution in [3.63, 3.8) is 0 Å². The lowest BCUT2D eigenvalue weighted by Crippen LogP contribution is -2.08. The Morgan fingerprint density at radius 2 is 2.07 bits per heavy atom. The summed E-state index contributed by atoms with van der Waals surface area (Å²) in [5.74, 6) is -0.204.